The minimum atomic E-state index is 0.721. The minimum Gasteiger partial charge on any atom is -0.437 e. The van der Waals surface area contributed by atoms with Gasteiger partial charge in [-0.25, -0.2) is 4.98 Å². The van der Waals surface area contributed by atoms with Crippen molar-refractivity contribution in [3.05, 3.63) is 27.3 Å². The highest BCUT2D eigenvalue weighted by atomic mass is 79.9. The second kappa shape index (κ2) is 5.48. The Labute approximate surface area is 119 Å². The van der Waals surface area contributed by atoms with E-state index in [9.17, 15) is 0 Å². The zero-order valence-electron chi connectivity index (χ0n) is 11.0. The van der Waals surface area contributed by atoms with Crippen LogP contribution in [-0.4, -0.2) is 14.8 Å². The summed E-state index contributed by atoms with van der Waals surface area (Å²) in [5.74, 6) is 1.69. The number of aryl methyl sites for hydroxylation is 4. The van der Waals surface area contributed by atoms with Crippen molar-refractivity contribution >= 4 is 27.7 Å². The van der Waals surface area contributed by atoms with Gasteiger partial charge in [0, 0.05) is 12.3 Å². The van der Waals surface area contributed by atoms with Gasteiger partial charge in [-0.15, -0.1) is 0 Å². The molecule has 0 saturated heterocycles. The van der Waals surface area contributed by atoms with E-state index in [1.807, 2.05) is 25.5 Å². The zero-order chi connectivity index (χ0) is 13.3. The zero-order valence-corrected chi connectivity index (χ0v) is 13.4. The van der Waals surface area contributed by atoms with Crippen molar-refractivity contribution in [1.82, 2.24) is 14.8 Å². The molecule has 2 rings (SSSR count). The number of nitrogens with zero attached hydrogens (tertiary/aromatic N) is 3. The van der Waals surface area contributed by atoms with Crippen LogP contribution in [-0.2, 0) is 12.3 Å². The summed E-state index contributed by atoms with van der Waals surface area (Å²) >= 11 is 5.18. The third-order valence-electron chi connectivity index (χ3n) is 2.79. The standard InChI is InChI=1S/C12H16BrN3OS/c1-5-16-10(11(13)8(3)15-16)6-18-12-14-7(2)9(4)17-12/h5-6H2,1-4H3. The fourth-order valence-corrected chi connectivity index (χ4v) is 3.19. The molecule has 0 saturated carbocycles. The molecular weight excluding hydrogens is 314 g/mol. The van der Waals surface area contributed by atoms with Gasteiger partial charge in [-0.05, 0) is 43.6 Å². The van der Waals surface area contributed by atoms with Crippen LogP contribution in [0.4, 0.5) is 0 Å². The predicted octanol–water partition coefficient (Wildman–Crippen LogP) is 3.87. The van der Waals surface area contributed by atoms with Gasteiger partial charge in [-0.3, -0.25) is 4.68 Å². The molecule has 2 aromatic heterocycles. The first-order valence-corrected chi connectivity index (χ1v) is 7.59. The molecule has 0 aliphatic rings. The van der Waals surface area contributed by atoms with Crippen LogP contribution in [0.3, 0.4) is 0 Å². The average Bonchev–Trinajstić information content (AvgIpc) is 2.79. The van der Waals surface area contributed by atoms with Gasteiger partial charge in [0.25, 0.3) is 5.22 Å². The Morgan fingerprint density at radius 1 is 1.28 bits per heavy atom. The summed E-state index contributed by atoms with van der Waals surface area (Å²) in [4.78, 5) is 4.37. The van der Waals surface area contributed by atoms with Gasteiger partial charge in [0.15, 0.2) is 0 Å². The minimum absolute atomic E-state index is 0.721. The number of hydrogen-bond acceptors (Lipinski definition) is 4. The van der Waals surface area contributed by atoms with Crippen molar-refractivity contribution in [3.63, 3.8) is 0 Å². The molecule has 0 aliphatic heterocycles. The van der Waals surface area contributed by atoms with Crippen LogP contribution in [0, 0.1) is 20.8 Å². The Hall–Kier alpha value is -0.750. The first-order chi connectivity index (χ1) is 8.52. The first-order valence-electron chi connectivity index (χ1n) is 5.81. The Bertz CT molecular complexity index is 542. The number of oxazole rings is 1. The largest absolute Gasteiger partial charge is 0.437 e. The molecule has 4 nitrogen and oxygen atoms in total. The topological polar surface area (TPSA) is 43.9 Å². The quantitative estimate of drug-likeness (QED) is 0.798. The molecule has 0 aliphatic carbocycles. The summed E-state index contributed by atoms with van der Waals surface area (Å²) in [6.45, 7) is 8.85. The molecule has 98 valence electrons. The molecule has 0 amide bonds. The van der Waals surface area contributed by atoms with E-state index in [1.54, 1.807) is 11.8 Å². The maximum Gasteiger partial charge on any atom is 0.256 e. The lowest BCUT2D eigenvalue weighted by Crippen LogP contribution is -2.01. The van der Waals surface area contributed by atoms with Gasteiger partial charge >= 0.3 is 0 Å². The molecule has 0 atom stereocenters. The molecule has 0 bridgehead atoms. The van der Waals surface area contributed by atoms with Crippen molar-refractivity contribution in [2.24, 2.45) is 0 Å². The molecule has 0 radical (unpaired) electrons. The van der Waals surface area contributed by atoms with Crippen molar-refractivity contribution in [3.8, 4) is 0 Å². The third-order valence-corrected chi connectivity index (χ3v) is 4.66. The highest BCUT2D eigenvalue weighted by Crippen LogP contribution is 2.29. The van der Waals surface area contributed by atoms with Crippen LogP contribution in [0.15, 0.2) is 14.1 Å². The Morgan fingerprint density at radius 2 is 2.00 bits per heavy atom. The average molecular weight is 330 g/mol. The van der Waals surface area contributed by atoms with E-state index >= 15 is 0 Å². The smallest absolute Gasteiger partial charge is 0.256 e. The van der Waals surface area contributed by atoms with Crippen LogP contribution < -0.4 is 0 Å². The lowest BCUT2D eigenvalue weighted by Gasteiger charge is -2.03. The lowest BCUT2D eigenvalue weighted by atomic mass is 10.4. The monoisotopic (exact) mass is 329 g/mol. The van der Waals surface area contributed by atoms with Gasteiger partial charge < -0.3 is 4.42 Å². The van der Waals surface area contributed by atoms with Crippen molar-refractivity contribution in [2.75, 3.05) is 0 Å². The molecule has 0 spiro atoms. The second-order valence-corrected chi connectivity index (χ2v) is 5.79. The predicted molar refractivity (Wildman–Crippen MR) is 75.9 cm³/mol. The fraction of sp³-hybridized carbons (Fsp3) is 0.500. The van der Waals surface area contributed by atoms with E-state index in [0.717, 1.165) is 39.1 Å². The van der Waals surface area contributed by atoms with Crippen molar-refractivity contribution in [1.29, 1.82) is 0 Å². The highest BCUT2D eigenvalue weighted by Gasteiger charge is 2.14. The van der Waals surface area contributed by atoms with Gasteiger partial charge in [0.2, 0.25) is 0 Å². The maximum absolute atomic E-state index is 5.56. The maximum atomic E-state index is 5.56. The van der Waals surface area contributed by atoms with Gasteiger partial charge in [0.05, 0.1) is 21.6 Å². The Kier molecular flexibility index (Phi) is 4.17. The summed E-state index contributed by atoms with van der Waals surface area (Å²) < 4.78 is 8.65. The fourth-order valence-electron chi connectivity index (χ4n) is 1.64. The van der Waals surface area contributed by atoms with E-state index in [0.29, 0.717) is 0 Å². The molecule has 0 unspecified atom stereocenters. The lowest BCUT2D eigenvalue weighted by molar-refractivity contribution is 0.431. The number of halogens is 1. The molecule has 0 aromatic carbocycles. The number of hydrogen-bond donors (Lipinski definition) is 0. The molecule has 2 aromatic rings. The molecule has 6 heteroatoms. The van der Waals surface area contributed by atoms with E-state index in [4.69, 9.17) is 4.42 Å². The summed E-state index contributed by atoms with van der Waals surface area (Å²) in [5.41, 5.74) is 3.15. The number of rotatable bonds is 4. The molecule has 0 fully saturated rings. The van der Waals surface area contributed by atoms with E-state index in [-0.39, 0.29) is 0 Å². The van der Waals surface area contributed by atoms with Crippen molar-refractivity contribution in [2.45, 2.75) is 45.2 Å². The second-order valence-electron chi connectivity index (χ2n) is 4.07. The first kappa shape index (κ1) is 13.7. The Morgan fingerprint density at radius 3 is 2.56 bits per heavy atom. The van der Waals surface area contributed by atoms with Gasteiger partial charge in [-0.1, -0.05) is 11.8 Å². The van der Waals surface area contributed by atoms with Crippen LogP contribution in [0.25, 0.3) is 0 Å². The Balaban J connectivity index is 2.15. The summed E-state index contributed by atoms with van der Waals surface area (Å²) in [7, 11) is 0. The van der Waals surface area contributed by atoms with E-state index in [1.165, 1.54) is 5.69 Å². The van der Waals surface area contributed by atoms with Crippen molar-refractivity contribution < 1.29 is 4.42 Å². The SMILES string of the molecule is CCn1nc(C)c(Br)c1CSc1nc(C)c(C)o1. The number of thioether (sulfide) groups is 1. The summed E-state index contributed by atoms with van der Waals surface area (Å²) in [6.07, 6.45) is 0. The van der Waals surface area contributed by atoms with Crippen LogP contribution in [0.2, 0.25) is 0 Å². The van der Waals surface area contributed by atoms with Crippen LogP contribution >= 0.6 is 27.7 Å². The van der Waals surface area contributed by atoms with E-state index < -0.39 is 0 Å². The molecule has 2 heterocycles. The molecule has 18 heavy (non-hydrogen) atoms. The summed E-state index contributed by atoms with van der Waals surface area (Å²) in [5, 5.41) is 5.19. The third kappa shape index (κ3) is 2.64. The van der Waals surface area contributed by atoms with E-state index in [2.05, 4.69) is 32.9 Å². The number of aromatic nitrogens is 3. The highest BCUT2D eigenvalue weighted by molar-refractivity contribution is 9.10. The van der Waals surface area contributed by atoms with Gasteiger partial charge in [-0.2, -0.15) is 5.10 Å². The molecular formula is C12H16BrN3OS. The molecule has 0 N–H and O–H groups in total. The van der Waals surface area contributed by atoms with Crippen LogP contribution in [0.5, 0.6) is 0 Å². The normalized spacial score (nSPS) is 11.2. The van der Waals surface area contributed by atoms with Crippen LogP contribution in [0.1, 0.15) is 29.8 Å². The van der Waals surface area contributed by atoms with Gasteiger partial charge in [0.1, 0.15) is 5.76 Å². The summed E-state index contributed by atoms with van der Waals surface area (Å²) in [6, 6.07) is 0.